The molecule has 168 valence electrons. The maximum absolute atomic E-state index is 13.1. The molecule has 0 unspecified atom stereocenters. The zero-order valence-corrected chi connectivity index (χ0v) is 19.3. The zero-order valence-electron chi connectivity index (χ0n) is 18.5. The molecule has 1 aromatic carbocycles. The molecule has 1 amide bonds. The van der Waals surface area contributed by atoms with Gasteiger partial charge >= 0.3 is 5.97 Å². The lowest BCUT2D eigenvalue weighted by Gasteiger charge is -2.18. The summed E-state index contributed by atoms with van der Waals surface area (Å²) in [6.07, 6.45) is 2.92. The third-order valence-corrected chi connectivity index (χ3v) is 5.61. The fourth-order valence-electron chi connectivity index (χ4n) is 2.95. The first-order valence-corrected chi connectivity index (χ1v) is 10.8. The third kappa shape index (κ3) is 6.21. The molecule has 0 fully saturated rings. The van der Waals surface area contributed by atoms with Gasteiger partial charge in [-0.15, -0.1) is 11.3 Å². The summed E-state index contributed by atoms with van der Waals surface area (Å²) < 4.78 is 17.6. The third-order valence-electron chi connectivity index (χ3n) is 4.55. The predicted molar refractivity (Wildman–Crippen MR) is 120 cm³/mol. The van der Waals surface area contributed by atoms with Crippen LogP contribution in [-0.4, -0.2) is 55.3 Å². The van der Waals surface area contributed by atoms with E-state index in [9.17, 15) is 14.4 Å². The number of rotatable bonds is 9. The molecule has 0 saturated carbocycles. The van der Waals surface area contributed by atoms with Crippen LogP contribution < -0.4 is 24.2 Å². The standard InChI is InChI=1S/C22H28N2O6S/c1-6-23(7-2)19(25)14-24-20(13-21(26)30-8-3)31-18(22(24)27)11-15-9-16(28-4)12-17(10-15)29-5/h9-13H,6-8,14H2,1-5H3/b18-11-,20-13-. The Hall–Kier alpha value is -3.07. The number of methoxy groups -OCH3 is 2. The largest absolute Gasteiger partial charge is 0.497 e. The molecule has 9 heteroatoms. The van der Waals surface area contributed by atoms with E-state index >= 15 is 0 Å². The topological polar surface area (TPSA) is 87.1 Å². The Morgan fingerprint density at radius 2 is 1.68 bits per heavy atom. The molecular weight excluding hydrogens is 420 g/mol. The lowest BCUT2D eigenvalue weighted by molar-refractivity contribution is -0.135. The molecule has 0 bridgehead atoms. The van der Waals surface area contributed by atoms with Crippen molar-refractivity contribution in [1.82, 2.24) is 9.47 Å². The SMILES string of the molecule is CCOC(=O)/C=c1\s/c(=C\c2cc(OC)cc(OC)c2)c(=O)n1CC(=O)N(CC)CC. The molecule has 0 spiro atoms. The van der Waals surface area contributed by atoms with Crippen LogP contribution in [-0.2, 0) is 20.9 Å². The lowest BCUT2D eigenvalue weighted by Crippen LogP contribution is -2.40. The van der Waals surface area contributed by atoms with Crippen LogP contribution in [0.25, 0.3) is 12.2 Å². The number of esters is 1. The average Bonchev–Trinajstić information content (AvgIpc) is 3.03. The van der Waals surface area contributed by atoms with Crippen molar-refractivity contribution in [2.45, 2.75) is 27.3 Å². The van der Waals surface area contributed by atoms with Crippen LogP contribution in [0, 0.1) is 0 Å². The first-order chi connectivity index (χ1) is 14.9. The van der Waals surface area contributed by atoms with Crippen molar-refractivity contribution in [2.75, 3.05) is 33.9 Å². The smallest absolute Gasteiger partial charge is 0.333 e. The molecule has 0 saturated heterocycles. The molecule has 1 aromatic heterocycles. The van der Waals surface area contributed by atoms with Crippen LogP contribution in [0.3, 0.4) is 0 Å². The van der Waals surface area contributed by atoms with Crippen molar-refractivity contribution in [1.29, 1.82) is 0 Å². The summed E-state index contributed by atoms with van der Waals surface area (Å²) in [6.45, 7) is 6.58. The van der Waals surface area contributed by atoms with Gasteiger partial charge in [-0.05, 0) is 44.5 Å². The number of amides is 1. The van der Waals surface area contributed by atoms with Gasteiger partial charge in [-0.3, -0.25) is 14.2 Å². The van der Waals surface area contributed by atoms with E-state index in [1.165, 1.54) is 10.6 Å². The van der Waals surface area contributed by atoms with Crippen molar-refractivity contribution in [3.05, 3.63) is 43.3 Å². The maximum atomic E-state index is 13.1. The number of benzene rings is 1. The Balaban J connectivity index is 2.64. The Morgan fingerprint density at radius 1 is 1.06 bits per heavy atom. The Kier molecular flexibility index (Phi) is 8.87. The summed E-state index contributed by atoms with van der Waals surface area (Å²) in [4.78, 5) is 39.4. The van der Waals surface area contributed by atoms with Crippen molar-refractivity contribution in [3.8, 4) is 11.5 Å². The van der Waals surface area contributed by atoms with Crippen molar-refractivity contribution in [2.24, 2.45) is 0 Å². The summed E-state index contributed by atoms with van der Waals surface area (Å²) in [6, 6.07) is 5.26. The van der Waals surface area contributed by atoms with Gasteiger partial charge in [0.25, 0.3) is 5.56 Å². The molecule has 0 radical (unpaired) electrons. The number of aromatic nitrogens is 1. The Bertz CT molecular complexity index is 1080. The minimum absolute atomic E-state index is 0.155. The van der Waals surface area contributed by atoms with Gasteiger partial charge in [-0.2, -0.15) is 0 Å². The number of nitrogens with zero attached hydrogens (tertiary/aromatic N) is 2. The second-order valence-electron chi connectivity index (χ2n) is 6.45. The highest BCUT2D eigenvalue weighted by atomic mass is 32.1. The van der Waals surface area contributed by atoms with E-state index in [4.69, 9.17) is 14.2 Å². The number of thiazole rings is 1. The highest BCUT2D eigenvalue weighted by Gasteiger charge is 2.15. The molecule has 0 atom stereocenters. The number of hydrogen-bond donors (Lipinski definition) is 0. The molecule has 0 aliphatic rings. The lowest BCUT2D eigenvalue weighted by atomic mass is 10.2. The number of ether oxygens (including phenoxy) is 3. The van der Waals surface area contributed by atoms with E-state index in [-0.39, 0.29) is 24.6 Å². The van der Waals surface area contributed by atoms with Gasteiger partial charge in [0, 0.05) is 19.2 Å². The van der Waals surface area contributed by atoms with E-state index in [2.05, 4.69) is 0 Å². The predicted octanol–water partition coefficient (Wildman–Crippen LogP) is 0.968. The molecule has 31 heavy (non-hydrogen) atoms. The van der Waals surface area contributed by atoms with Crippen LogP contribution in [0.15, 0.2) is 23.0 Å². The first kappa shape index (κ1) is 24.2. The van der Waals surface area contributed by atoms with E-state index < -0.39 is 5.97 Å². The molecule has 2 rings (SSSR count). The van der Waals surface area contributed by atoms with E-state index in [0.29, 0.717) is 39.3 Å². The van der Waals surface area contributed by atoms with E-state index in [0.717, 1.165) is 11.3 Å². The van der Waals surface area contributed by atoms with Crippen molar-refractivity contribution in [3.63, 3.8) is 0 Å². The second-order valence-corrected chi connectivity index (χ2v) is 7.51. The number of likely N-dealkylation sites (N-methyl/N-ethyl adjacent to an activating group) is 1. The second kappa shape index (κ2) is 11.4. The fraction of sp³-hybridized carbons (Fsp3) is 0.409. The molecule has 0 N–H and O–H groups in total. The molecule has 0 aliphatic carbocycles. The minimum atomic E-state index is -0.567. The maximum Gasteiger partial charge on any atom is 0.333 e. The summed E-state index contributed by atoms with van der Waals surface area (Å²) >= 11 is 1.12. The van der Waals surface area contributed by atoms with E-state index in [1.807, 2.05) is 13.8 Å². The van der Waals surface area contributed by atoms with Gasteiger partial charge in [0.2, 0.25) is 5.91 Å². The van der Waals surface area contributed by atoms with Gasteiger partial charge in [0.1, 0.15) is 22.7 Å². The van der Waals surface area contributed by atoms with Gasteiger partial charge in [0.15, 0.2) is 0 Å². The summed E-state index contributed by atoms with van der Waals surface area (Å²) in [5.74, 6) is 0.399. The zero-order chi connectivity index (χ0) is 23.0. The molecule has 1 heterocycles. The number of carbonyl (C=O) groups excluding carboxylic acids is 2. The fourth-order valence-corrected chi connectivity index (χ4v) is 3.98. The van der Waals surface area contributed by atoms with Gasteiger partial charge < -0.3 is 19.1 Å². The molecule has 2 aromatic rings. The Morgan fingerprint density at radius 3 is 2.19 bits per heavy atom. The minimum Gasteiger partial charge on any atom is -0.497 e. The van der Waals surface area contributed by atoms with Gasteiger partial charge in [0.05, 0.1) is 31.4 Å². The van der Waals surface area contributed by atoms with Gasteiger partial charge in [-0.1, -0.05) is 0 Å². The Labute approximate surface area is 185 Å². The number of carbonyl (C=O) groups is 2. The van der Waals surface area contributed by atoms with Crippen LogP contribution in [0.5, 0.6) is 11.5 Å². The van der Waals surface area contributed by atoms with Crippen molar-refractivity contribution < 1.29 is 23.8 Å². The highest BCUT2D eigenvalue weighted by Crippen LogP contribution is 2.22. The quantitative estimate of drug-likeness (QED) is 0.532. The summed E-state index contributed by atoms with van der Waals surface area (Å²) in [5, 5.41) is 0. The molecule has 0 aliphatic heterocycles. The summed E-state index contributed by atoms with van der Waals surface area (Å²) in [5.41, 5.74) is 0.335. The monoisotopic (exact) mass is 448 g/mol. The van der Waals surface area contributed by atoms with Crippen LogP contribution in [0.2, 0.25) is 0 Å². The number of hydrogen-bond acceptors (Lipinski definition) is 7. The van der Waals surface area contributed by atoms with Crippen LogP contribution in [0.4, 0.5) is 0 Å². The van der Waals surface area contributed by atoms with Crippen molar-refractivity contribution >= 4 is 35.4 Å². The van der Waals surface area contributed by atoms with E-state index in [1.54, 1.807) is 50.3 Å². The average molecular weight is 449 g/mol. The van der Waals surface area contributed by atoms with Gasteiger partial charge in [-0.25, -0.2) is 4.79 Å². The summed E-state index contributed by atoms with van der Waals surface area (Å²) in [7, 11) is 3.09. The van der Waals surface area contributed by atoms with Crippen LogP contribution >= 0.6 is 11.3 Å². The molecular formula is C22H28N2O6S. The molecule has 8 nitrogen and oxygen atoms in total. The normalized spacial score (nSPS) is 12.0. The highest BCUT2D eigenvalue weighted by molar-refractivity contribution is 7.07. The first-order valence-electron chi connectivity index (χ1n) is 9.97. The van der Waals surface area contributed by atoms with Crippen LogP contribution in [0.1, 0.15) is 26.3 Å².